The molecule has 1 aromatic heterocycles. The number of piperazine rings is 1. The van der Waals surface area contributed by atoms with Crippen LogP contribution in [0.3, 0.4) is 0 Å². The molecule has 3 N–H and O–H groups in total. The van der Waals surface area contributed by atoms with Crippen molar-refractivity contribution in [1.82, 2.24) is 30.2 Å². The number of phenolic OH excluding ortho intramolecular Hbond substituents is 1. The van der Waals surface area contributed by atoms with Crippen LogP contribution in [-0.4, -0.2) is 131 Å². The Morgan fingerprint density at radius 1 is 0.800 bits per heavy atom. The summed E-state index contributed by atoms with van der Waals surface area (Å²) in [6, 6.07) is 14.2. The minimum absolute atomic E-state index is 0.109. The average Bonchev–Trinajstić information content (AvgIpc) is 3.64. The van der Waals surface area contributed by atoms with Crippen LogP contribution in [0.2, 0.25) is 0 Å². The Labute approximate surface area is 319 Å². The molecule has 10 rings (SSSR count). The second-order valence-corrected chi connectivity index (χ2v) is 16.7. The van der Waals surface area contributed by atoms with Gasteiger partial charge in [-0.25, -0.2) is 0 Å². The third-order valence-electron chi connectivity index (χ3n) is 13.5. The number of benzene rings is 2. The van der Waals surface area contributed by atoms with E-state index in [0.717, 1.165) is 98.5 Å². The van der Waals surface area contributed by atoms with Crippen LogP contribution in [0.25, 0.3) is 11.3 Å². The number of anilines is 3. The van der Waals surface area contributed by atoms with Crippen molar-refractivity contribution in [1.29, 1.82) is 0 Å². The second-order valence-electron chi connectivity index (χ2n) is 16.7. The number of imide groups is 2. The number of nitrogens with zero attached hydrogens (tertiary/aromatic N) is 7. The van der Waals surface area contributed by atoms with Crippen LogP contribution in [0.1, 0.15) is 52.8 Å². The van der Waals surface area contributed by atoms with Gasteiger partial charge in [-0.1, -0.05) is 12.1 Å². The van der Waals surface area contributed by atoms with E-state index in [1.807, 2.05) is 30.3 Å². The predicted molar refractivity (Wildman–Crippen MR) is 205 cm³/mol. The maximum Gasteiger partial charge on any atom is 0.262 e. The second kappa shape index (κ2) is 13.6. The Morgan fingerprint density at radius 2 is 1.64 bits per heavy atom. The van der Waals surface area contributed by atoms with Gasteiger partial charge in [-0.2, -0.15) is 0 Å². The zero-order valence-corrected chi connectivity index (χ0v) is 30.9. The van der Waals surface area contributed by atoms with Gasteiger partial charge in [0.15, 0.2) is 5.82 Å². The van der Waals surface area contributed by atoms with Crippen molar-refractivity contribution >= 4 is 40.8 Å². The number of piperidine rings is 2. The third-order valence-corrected chi connectivity index (χ3v) is 13.5. The molecule has 5 atom stereocenters. The lowest BCUT2D eigenvalue weighted by atomic mass is 9.66. The van der Waals surface area contributed by atoms with E-state index >= 15 is 0 Å². The number of nitrogens with one attached hydrogen (secondary N) is 2. The number of amides is 4. The van der Waals surface area contributed by atoms with Crippen molar-refractivity contribution in [3.05, 3.63) is 59.7 Å². The quantitative estimate of drug-likeness (QED) is 0.305. The smallest absolute Gasteiger partial charge is 0.262 e. The van der Waals surface area contributed by atoms with E-state index in [0.29, 0.717) is 34.3 Å². The summed E-state index contributed by atoms with van der Waals surface area (Å²) in [5.74, 6) is 2.14. The van der Waals surface area contributed by atoms with Crippen LogP contribution < -0.4 is 20.4 Å². The van der Waals surface area contributed by atoms with Gasteiger partial charge in [0.2, 0.25) is 11.8 Å². The van der Waals surface area contributed by atoms with Crippen molar-refractivity contribution in [2.75, 3.05) is 80.6 Å². The Hall–Kier alpha value is -5.08. The summed E-state index contributed by atoms with van der Waals surface area (Å²) in [4.78, 5) is 61.8. The number of carbonyl (C=O) groups excluding carboxylic acids is 4. The molecule has 7 heterocycles. The lowest BCUT2D eigenvalue weighted by molar-refractivity contribution is -0.136. The average molecular weight is 746 g/mol. The molecule has 286 valence electrons. The van der Waals surface area contributed by atoms with Crippen LogP contribution in [0.4, 0.5) is 17.2 Å². The highest BCUT2D eigenvalue weighted by molar-refractivity contribution is 6.23. The van der Waals surface area contributed by atoms with Gasteiger partial charge in [0, 0.05) is 83.1 Å². The van der Waals surface area contributed by atoms with Crippen molar-refractivity contribution in [2.24, 2.45) is 23.7 Å². The molecule has 0 radical (unpaired) electrons. The van der Waals surface area contributed by atoms with Gasteiger partial charge in [-0.05, 0) is 85.8 Å². The lowest BCUT2D eigenvalue weighted by Gasteiger charge is -2.49. The van der Waals surface area contributed by atoms with Gasteiger partial charge in [0.1, 0.15) is 11.8 Å². The fourth-order valence-corrected chi connectivity index (χ4v) is 10.6. The largest absolute Gasteiger partial charge is 0.507 e. The topological polar surface area (TPSA) is 155 Å². The molecule has 0 bridgehead atoms. The Bertz CT molecular complexity index is 2070. The lowest BCUT2D eigenvalue weighted by Crippen LogP contribution is -2.59. The summed E-state index contributed by atoms with van der Waals surface area (Å²) in [5, 5.41) is 25.1. The molecule has 4 saturated heterocycles. The van der Waals surface area contributed by atoms with Crippen LogP contribution in [0, 0.1) is 23.7 Å². The number of phenols is 1. The van der Waals surface area contributed by atoms with Crippen LogP contribution in [0.15, 0.2) is 48.5 Å². The fourth-order valence-electron chi connectivity index (χ4n) is 10.6. The van der Waals surface area contributed by atoms with Crippen molar-refractivity contribution in [3.63, 3.8) is 0 Å². The highest BCUT2D eigenvalue weighted by atomic mass is 16.3. The molecular weight excluding hydrogens is 699 g/mol. The highest BCUT2D eigenvalue weighted by Crippen LogP contribution is 2.47. The summed E-state index contributed by atoms with van der Waals surface area (Å²) in [6.45, 7) is 10.4. The van der Waals surface area contributed by atoms with E-state index in [4.69, 9.17) is 0 Å². The number of aromatic hydroxyl groups is 1. The van der Waals surface area contributed by atoms with Gasteiger partial charge in [0.05, 0.1) is 28.6 Å². The first kappa shape index (κ1) is 34.4. The molecule has 14 nitrogen and oxygen atoms in total. The molecule has 1 saturated carbocycles. The molecular formula is C41H47N9O5. The van der Waals surface area contributed by atoms with E-state index in [-0.39, 0.29) is 24.5 Å². The molecule has 4 amide bonds. The van der Waals surface area contributed by atoms with E-state index < -0.39 is 23.8 Å². The van der Waals surface area contributed by atoms with Gasteiger partial charge < -0.3 is 25.1 Å². The van der Waals surface area contributed by atoms with Crippen LogP contribution in [0.5, 0.6) is 5.75 Å². The molecule has 2 aromatic carbocycles. The molecule has 14 heteroatoms. The monoisotopic (exact) mass is 745 g/mol. The Kier molecular flexibility index (Phi) is 8.50. The Balaban J connectivity index is 0.700. The summed E-state index contributed by atoms with van der Waals surface area (Å²) in [5.41, 5.74) is 4.06. The fraction of sp³-hybridized carbons (Fsp3) is 0.512. The Morgan fingerprint density at radius 3 is 2.47 bits per heavy atom. The van der Waals surface area contributed by atoms with Crippen molar-refractivity contribution < 1.29 is 24.3 Å². The van der Waals surface area contributed by atoms with Gasteiger partial charge in [-0.15, -0.1) is 10.2 Å². The first-order valence-corrected chi connectivity index (χ1v) is 20.0. The normalized spacial score (nSPS) is 28.3. The first-order chi connectivity index (χ1) is 26.8. The number of hydrogen-bond donors (Lipinski definition) is 3. The molecule has 3 aromatic rings. The maximum absolute atomic E-state index is 13.4. The third kappa shape index (κ3) is 6.10. The minimum Gasteiger partial charge on any atom is -0.507 e. The molecule has 55 heavy (non-hydrogen) atoms. The number of hydrogen-bond acceptors (Lipinski definition) is 12. The maximum atomic E-state index is 13.4. The number of aromatic nitrogens is 2. The van der Waals surface area contributed by atoms with Crippen molar-refractivity contribution in [2.45, 2.75) is 44.2 Å². The summed E-state index contributed by atoms with van der Waals surface area (Å²) in [7, 11) is 0. The summed E-state index contributed by atoms with van der Waals surface area (Å²) >= 11 is 0. The number of para-hydroxylation sites is 1. The van der Waals surface area contributed by atoms with E-state index in [1.165, 1.54) is 26.1 Å². The van der Waals surface area contributed by atoms with Crippen LogP contribution in [-0.2, 0) is 9.59 Å². The first-order valence-electron chi connectivity index (χ1n) is 20.0. The highest BCUT2D eigenvalue weighted by Gasteiger charge is 2.48. The van der Waals surface area contributed by atoms with E-state index in [1.54, 1.807) is 12.1 Å². The summed E-state index contributed by atoms with van der Waals surface area (Å²) < 4.78 is 0. The minimum atomic E-state index is -0.951. The van der Waals surface area contributed by atoms with E-state index in [2.05, 4.69) is 46.5 Å². The number of rotatable bonds is 7. The molecule has 0 spiro atoms. The van der Waals surface area contributed by atoms with Gasteiger partial charge in [0.25, 0.3) is 11.8 Å². The molecule has 1 aliphatic carbocycles. The van der Waals surface area contributed by atoms with E-state index in [9.17, 15) is 24.3 Å². The van der Waals surface area contributed by atoms with Crippen molar-refractivity contribution in [3.8, 4) is 17.0 Å². The molecule has 7 aliphatic rings. The van der Waals surface area contributed by atoms with Gasteiger partial charge in [-0.3, -0.25) is 34.3 Å². The number of fused-ring (bicyclic) bond motifs is 5. The molecule has 4 unspecified atom stereocenters. The molecule has 5 fully saturated rings. The SMILES string of the molecule is O=C1CCC(N2C(=O)c3ccc(N4CCC(CN5CC6CC(CN7CCN8c9cc(-c%10ccccc%10O)nnc9NC[C@H]8C7)C6C5)CC4)cc3C2=O)C(=O)N1. The summed E-state index contributed by atoms with van der Waals surface area (Å²) in [6.07, 6.45) is 3.76. The zero-order chi connectivity index (χ0) is 37.4. The molecule has 6 aliphatic heterocycles. The standard InChI is InChI=1S/C41H47N9O5/c51-36-4-2-1-3-30(36)33-17-35-38(45-44-33)42-18-28-22-46(13-14-49(28)35)20-25-15-26-21-47(23-32(25)26)19-24-9-11-48(12-10-24)27-5-6-29-31(16-27)41(55)50(40(29)54)34-7-8-37(52)43-39(34)53/h1-6,16-17,24-26,28,32,34,51H,7-15,18-23H2,(H,42,45)(H,43,52,53)/t25?,26?,28-,32?,34?/m0/s1. The predicted octanol–water partition coefficient (Wildman–Crippen LogP) is 2.65. The number of likely N-dealkylation sites (tertiary alicyclic amines) is 1. The van der Waals surface area contributed by atoms with Gasteiger partial charge >= 0.3 is 0 Å². The zero-order valence-electron chi connectivity index (χ0n) is 30.9. The number of carbonyl (C=O) groups is 4. The van der Waals surface area contributed by atoms with Crippen LogP contribution >= 0.6 is 0 Å².